The molecule has 1 unspecified atom stereocenters. The van der Waals surface area contributed by atoms with Crippen molar-refractivity contribution in [3.63, 3.8) is 0 Å². The van der Waals surface area contributed by atoms with E-state index >= 15 is 0 Å². The van der Waals surface area contributed by atoms with Crippen molar-refractivity contribution in [2.45, 2.75) is 57.5 Å². The second kappa shape index (κ2) is 8.56. The van der Waals surface area contributed by atoms with Gasteiger partial charge in [0.25, 0.3) is 0 Å². The molecule has 2 aliphatic rings. The molecule has 1 atom stereocenters. The highest BCUT2D eigenvalue weighted by molar-refractivity contribution is 7.08. The van der Waals surface area contributed by atoms with Crippen molar-refractivity contribution >= 4 is 11.3 Å². The molecule has 1 saturated carbocycles. The Balaban J connectivity index is 1.19. The minimum absolute atomic E-state index is 0.601. The molecule has 1 heterocycles. The van der Waals surface area contributed by atoms with Gasteiger partial charge in [0.15, 0.2) is 0 Å². The van der Waals surface area contributed by atoms with Gasteiger partial charge in [-0.2, -0.15) is 11.3 Å². The SMILES string of the molecule is Cc1cc(CCOc2ccc3c(c2)CCC3N(C)C2CCC2)ccc1-c1ccsc1. The number of thiophene rings is 1. The van der Waals surface area contributed by atoms with Crippen molar-refractivity contribution in [3.05, 3.63) is 75.5 Å². The van der Waals surface area contributed by atoms with Crippen LogP contribution in [0.1, 0.15) is 54.0 Å². The molecule has 5 rings (SSSR count). The Morgan fingerprint density at radius 2 is 1.97 bits per heavy atom. The second-order valence-electron chi connectivity index (χ2n) is 8.93. The molecular formula is C27H31NOS. The Bertz CT molecular complexity index is 1010. The summed E-state index contributed by atoms with van der Waals surface area (Å²) < 4.78 is 6.14. The number of hydrogen-bond donors (Lipinski definition) is 0. The van der Waals surface area contributed by atoms with Gasteiger partial charge in [-0.15, -0.1) is 0 Å². The van der Waals surface area contributed by atoms with Crippen molar-refractivity contribution in [1.29, 1.82) is 0 Å². The van der Waals surface area contributed by atoms with Gasteiger partial charge in [-0.25, -0.2) is 0 Å². The molecule has 0 aliphatic heterocycles. The van der Waals surface area contributed by atoms with Gasteiger partial charge < -0.3 is 4.74 Å². The first kappa shape index (κ1) is 19.8. The number of aryl methyl sites for hydroxylation is 2. The van der Waals surface area contributed by atoms with Crippen molar-refractivity contribution < 1.29 is 4.74 Å². The summed E-state index contributed by atoms with van der Waals surface area (Å²) >= 11 is 1.75. The molecule has 1 aromatic heterocycles. The predicted octanol–water partition coefficient (Wildman–Crippen LogP) is 6.82. The van der Waals surface area contributed by atoms with Gasteiger partial charge in [0.2, 0.25) is 0 Å². The van der Waals surface area contributed by atoms with Crippen LogP contribution in [-0.2, 0) is 12.8 Å². The first-order valence-corrected chi connectivity index (χ1v) is 12.2. The van der Waals surface area contributed by atoms with E-state index in [1.54, 1.807) is 11.3 Å². The van der Waals surface area contributed by atoms with E-state index < -0.39 is 0 Å². The molecule has 1 fully saturated rings. The lowest BCUT2D eigenvalue weighted by Crippen LogP contribution is -2.39. The summed E-state index contributed by atoms with van der Waals surface area (Å²) in [6.45, 7) is 2.93. The molecule has 0 N–H and O–H groups in total. The van der Waals surface area contributed by atoms with E-state index in [-0.39, 0.29) is 0 Å². The van der Waals surface area contributed by atoms with Crippen LogP contribution in [0.3, 0.4) is 0 Å². The van der Waals surface area contributed by atoms with E-state index in [1.165, 1.54) is 65.5 Å². The Kier molecular flexibility index (Phi) is 5.66. The average Bonchev–Trinajstić information content (AvgIpc) is 3.36. The minimum Gasteiger partial charge on any atom is -0.493 e. The van der Waals surface area contributed by atoms with Gasteiger partial charge in [-0.1, -0.05) is 30.7 Å². The lowest BCUT2D eigenvalue weighted by Gasteiger charge is -2.39. The third kappa shape index (κ3) is 3.93. The molecule has 30 heavy (non-hydrogen) atoms. The van der Waals surface area contributed by atoms with Gasteiger partial charge >= 0.3 is 0 Å². The Hall–Kier alpha value is -2.10. The van der Waals surface area contributed by atoms with Gasteiger partial charge in [0, 0.05) is 18.5 Å². The van der Waals surface area contributed by atoms with Crippen LogP contribution in [0.2, 0.25) is 0 Å². The van der Waals surface area contributed by atoms with Crippen molar-refractivity contribution in [1.82, 2.24) is 4.90 Å². The van der Waals surface area contributed by atoms with Crippen molar-refractivity contribution in [2.75, 3.05) is 13.7 Å². The highest BCUT2D eigenvalue weighted by Gasteiger charge is 2.32. The van der Waals surface area contributed by atoms with Crippen molar-refractivity contribution in [3.8, 4) is 16.9 Å². The standard InChI is InChI=1S/C27H31NOS/c1-19-16-20(6-9-25(19)22-13-15-30-18-22)12-14-29-24-8-10-26-21(17-24)7-11-27(26)28(2)23-4-3-5-23/h6,8-10,13,15-18,23,27H,3-5,7,11-12,14H2,1-2H3. The van der Waals surface area contributed by atoms with Crippen LogP contribution < -0.4 is 4.74 Å². The number of rotatable bonds is 7. The second-order valence-corrected chi connectivity index (χ2v) is 9.71. The zero-order valence-corrected chi connectivity index (χ0v) is 18.9. The fraction of sp³-hybridized carbons (Fsp3) is 0.407. The Morgan fingerprint density at radius 3 is 2.70 bits per heavy atom. The van der Waals surface area contributed by atoms with Crippen LogP contribution in [0.5, 0.6) is 5.75 Å². The molecule has 0 saturated heterocycles. The number of hydrogen-bond acceptors (Lipinski definition) is 3. The summed E-state index contributed by atoms with van der Waals surface area (Å²) in [6.07, 6.45) is 7.51. The van der Waals surface area contributed by atoms with E-state index in [0.717, 1.165) is 24.8 Å². The zero-order valence-electron chi connectivity index (χ0n) is 18.1. The lowest BCUT2D eigenvalue weighted by molar-refractivity contribution is 0.110. The van der Waals surface area contributed by atoms with Crippen LogP contribution in [0.4, 0.5) is 0 Å². The maximum Gasteiger partial charge on any atom is 0.119 e. The summed E-state index contributed by atoms with van der Waals surface area (Å²) in [5, 5.41) is 4.36. The van der Waals surface area contributed by atoms with Crippen LogP contribution in [0, 0.1) is 6.92 Å². The molecule has 2 aliphatic carbocycles. The van der Waals surface area contributed by atoms with Crippen LogP contribution >= 0.6 is 11.3 Å². The largest absolute Gasteiger partial charge is 0.493 e. The first-order valence-electron chi connectivity index (χ1n) is 11.3. The molecule has 0 bridgehead atoms. The maximum absolute atomic E-state index is 6.14. The lowest BCUT2D eigenvalue weighted by atomic mass is 9.90. The zero-order chi connectivity index (χ0) is 20.5. The Labute approximate surface area is 184 Å². The molecule has 0 radical (unpaired) electrons. The summed E-state index contributed by atoms with van der Waals surface area (Å²) in [4.78, 5) is 2.62. The average molecular weight is 418 g/mol. The minimum atomic E-state index is 0.601. The molecule has 3 heteroatoms. The maximum atomic E-state index is 6.14. The van der Waals surface area contributed by atoms with E-state index in [4.69, 9.17) is 4.74 Å². The van der Waals surface area contributed by atoms with E-state index in [9.17, 15) is 0 Å². The summed E-state index contributed by atoms with van der Waals surface area (Å²) in [5.74, 6) is 1.02. The molecule has 0 amide bonds. The predicted molar refractivity (Wildman–Crippen MR) is 127 cm³/mol. The third-order valence-electron chi connectivity index (χ3n) is 7.09. The van der Waals surface area contributed by atoms with Gasteiger partial charge in [0.1, 0.15) is 5.75 Å². The molecule has 2 nitrogen and oxygen atoms in total. The van der Waals surface area contributed by atoms with Gasteiger partial charge in [-0.3, -0.25) is 4.90 Å². The quantitative estimate of drug-likeness (QED) is 0.418. The van der Waals surface area contributed by atoms with Gasteiger partial charge in [0.05, 0.1) is 6.61 Å². The van der Waals surface area contributed by atoms with Crippen molar-refractivity contribution in [2.24, 2.45) is 0 Å². The molecule has 156 valence electrons. The summed E-state index contributed by atoms with van der Waals surface area (Å²) in [7, 11) is 2.32. The smallest absolute Gasteiger partial charge is 0.119 e. The molecule has 3 aromatic rings. The number of ether oxygens (including phenoxy) is 1. The van der Waals surface area contributed by atoms with Crippen LogP contribution in [0.25, 0.3) is 11.1 Å². The summed E-state index contributed by atoms with van der Waals surface area (Å²) in [6, 6.07) is 17.2. The highest BCUT2D eigenvalue weighted by Crippen LogP contribution is 2.40. The number of nitrogens with zero attached hydrogens (tertiary/aromatic N) is 1. The van der Waals surface area contributed by atoms with Gasteiger partial charge in [-0.05, 0) is 102 Å². The number of fused-ring (bicyclic) bond motifs is 1. The summed E-state index contributed by atoms with van der Waals surface area (Å²) in [5.41, 5.74) is 8.34. The van der Waals surface area contributed by atoms with E-state index in [2.05, 4.69) is 72.1 Å². The topological polar surface area (TPSA) is 12.5 Å². The monoisotopic (exact) mass is 417 g/mol. The van der Waals surface area contributed by atoms with E-state index in [0.29, 0.717) is 6.04 Å². The fourth-order valence-corrected chi connectivity index (χ4v) is 5.70. The molecule has 0 spiro atoms. The van der Waals surface area contributed by atoms with E-state index in [1.807, 2.05) is 0 Å². The first-order chi connectivity index (χ1) is 14.7. The van der Waals surface area contributed by atoms with Crippen LogP contribution in [-0.4, -0.2) is 24.6 Å². The molecular weight excluding hydrogens is 386 g/mol. The highest BCUT2D eigenvalue weighted by atomic mass is 32.1. The fourth-order valence-electron chi connectivity index (χ4n) is 5.04. The number of benzene rings is 2. The Morgan fingerprint density at radius 1 is 1.07 bits per heavy atom. The van der Waals surface area contributed by atoms with Crippen LogP contribution in [0.15, 0.2) is 53.2 Å². The normalized spacial score (nSPS) is 18.4. The molecule has 2 aromatic carbocycles. The third-order valence-corrected chi connectivity index (χ3v) is 7.77.